The summed E-state index contributed by atoms with van der Waals surface area (Å²) in [6.45, 7) is 3.77. The number of carbonyl (C=O) groups excluding carboxylic acids is 4. The number of carbonyl (C=O) groups is 4. The molecule has 0 spiro atoms. The average molecular weight is 815 g/mol. The minimum atomic E-state index is -0.694. The molecule has 318 valence electrons. The molecule has 3 atom stereocenters. The predicted molar refractivity (Wildman–Crippen MR) is 220 cm³/mol. The fourth-order valence-electron chi connectivity index (χ4n) is 7.52. The van der Waals surface area contributed by atoms with Gasteiger partial charge in [-0.25, -0.2) is 19.2 Å². The lowest BCUT2D eigenvalue weighted by molar-refractivity contribution is -0.178. The van der Waals surface area contributed by atoms with Gasteiger partial charge in [-0.1, -0.05) is 78.9 Å². The van der Waals surface area contributed by atoms with Crippen molar-refractivity contribution >= 4 is 24.2 Å². The summed E-state index contributed by atoms with van der Waals surface area (Å²) in [6, 6.07) is 24.5. The van der Waals surface area contributed by atoms with Gasteiger partial charge in [-0.2, -0.15) is 0 Å². The minimum absolute atomic E-state index is 0.0837. The van der Waals surface area contributed by atoms with Crippen molar-refractivity contribution in [2.45, 2.75) is 95.3 Å². The molecule has 0 unspecified atom stereocenters. The molecule has 3 heterocycles. The number of hydrogen-bond donors (Lipinski definition) is 6. The van der Waals surface area contributed by atoms with Crippen molar-refractivity contribution in [3.8, 4) is 0 Å². The van der Waals surface area contributed by atoms with Crippen LogP contribution in [0.1, 0.15) is 59.9 Å². The fourth-order valence-corrected chi connectivity index (χ4v) is 7.52. The lowest BCUT2D eigenvalue weighted by Gasteiger charge is -2.39. The van der Waals surface area contributed by atoms with Crippen molar-refractivity contribution in [1.82, 2.24) is 31.1 Å². The van der Waals surface area contributed by atoms with E-state index in [2.05, 4.69) is 21.3 Å². The normalized spacial score (nSPS) is 20.0. The van der Waals surface area contributed by atoms with E-state index in [-0.39, 0.29) is 37.4 Å². The highest BCUT2D eigenvalue weighted by Crippen LogP contribution is 2.25. The summed E-state index contributed by atoms with van der Waals surface area (Å²) in [5, 5.41) is 11.8. The second-order valence-corrected chi connectivity index (χ2v) is 15.2. The van der Waals surface area contributed by atoms with Crippen LogP contribution in [-0.4, -0.2) is 104 Å². The first-order chi connectivity index (χ1) is 28.8. The molecule has 59 heavy (non-hydrogen) atoms. The molecule has 0 saturated carbocycles. The summed E-state index contributed by atoms with van der Waals surface area (Å²) in [6.07, 6.45) is -0.218. The van der Waals surface area contributed by atoms with E-state index in [1.807, 2.05) is 78.9 Å². The predicted octanol–water partition coefficient (Wildman–Crippen LogP) is 3.85. The molecule has 3 aliphatic rings. The maximum atomic E-state index is 13.5. The lowest BCUT2D eigenvalue weighted by atomic mass is 10.0. The van der Waals surface area contributed by atoms with Crippen LogP contribution in [0.4, 0.5) is 19.2 Å². The Morgan fingerprint density at radius 3 is 1.69 bits per heavy atom. The summed E-state index contributed by atoms with van der Waals surface area (Å²) in [7, 11) is 0. The second-order valence-electron chi connectivity index (χ2n) is 15.2. The molecule has 3 saturated heterocycles. The van der Waals surface area contributed by atoms with E-state index < -0.39 is 30.5 Å². The van der Waals surface area contributed by atoms with E-state index in [4.69, 9.17) is 30.4 Å². The van der Waals surface area contributed by atoms with E-state index in [1.54, 1.807) is 9.80 Å². The van der Waals surface area contributed by atoms with E-state index >= 15 is 0 Å². The van der Waals surface area contributed by atoms with Crippen LogP contribution in [0.2, 0.25) is 0 Å². The van der Waals surface area contributed by atoms with Crippen LogP contribution >= 0.6 is 0 Å². The van der Waals surface area contributed by atoms with Gasteiger partial charge in [-0.05, 0) is 53.5 Å². The van der Waals surface area contributed by atoms with Crippen molar-refractivity contribution < 1.29 is 38.1 Å². The highest BCUT2D eigenvalue weighted by molar-refractivity contribution is 5.75. The smallest absolute Gasteiger partial charge is 0.410 e. The van der Waals surface area contributed by atoms with Crippen LogP contribution in [-0.2, 0) is 51.7 Å². The zero-order valence-electron chi connectivity index (χ0n) is 33.5. The number of piperidine rings is 2. The minimum Gasteiger partial charge on any atom is -0.447 e. The van der Waals surface area contributed by atoms with Crippen molar-refractivity contribution in [1.29, 1.82) is 0 Å². The van der Waals surface area contributed by atoms with Crippen LogP contribution in [0.25, 0.3) is 0 Å². The van der Waals surface area contributed by atoms with Crippen molar-refractivity contribution in [2.24, 2.45) is 11.5 Å². The van der Waals surface area contributed by atoms with Crippen LogP contribution < -0.4 is 32.7 Å². The Labute approximate surface area is 345 Å². The summed E-state index contributed by atoms with van der Waals surface area (Å²) in [5.41, 5.74) is 16.3. The molecule has 0 aromatic heterocycles. The SMILES string of the molecule is NCc1cccc(CNC(=O)NC2CCN(C(=O)OC[C@H]3OCC[C@@H](OC(=O)N4CCC(NC(=O)NCc5cccc(CN)c5)CC4)[C@@H]3OCc3ccccc3)CC2)c1. The number of nitrogens with zero attached hydrogens (tertiary/aromatic N) is 2. The molecule has 0 aliphatic carbocycles. The Morgan fingerprint density at radius 2 is 1.15 bits per heavy atom. The number of likely N-dealkylation sites (tertiary alicyclic amines) is 2. The molecule has 6 amide bonds. The Morgan fingerprint density at radius 1 is 0.644 bits per heavy atom. The number of benzene rings is 3. The van der Waals surface area contributed by atoms with Crippen molar-refractivity contribution in [3.63, 3.8) is 0 Å². The topological polar surface area (TPSA) is 212 Å². The van der Waals surface area contributed by atoms with Crippen molar-refractivity contribution in [3.05, 3.63) is 107 Å². The average Bonchev–Trinajstić information content (AvgIpc) is 3.27. The van der Waals surface area contributed by atoms with E-state index in [0.29, 0.717) is 91.1 Å². The van der Waals surface area contributed by atoms with Crippen LogP contribution in [0.3, 0.4) is 0 Å². The Hall–Kier alpha value is -5.42. The van der Waals surface area contributed by atoms with Gasteiger partial charge in [0.2, 0.25) is 0 Å². The fraction of sp³-hybridized carbons (Fsp3) is 0.488. The molecule has 16 heteroatoms. The van der Waals surface area contributed by atoms with Crippen LogP contribution in [0, 0.1) is 0 Å². The molecule has 16 nitrogen and oxygen atoms in total. The van der Waals surface area contributed by atoms with E-state index in [0.717, 1.165) is 27.8 Å². The molecule has 6 rings (SSSR count). The van der Waals surface area contributed by atoms with Crippen LogP contribution in [0.5, 0.6) is 0 Å². The first-order valence-electron chi connectivity index (χ1n) is 20.5. The zero-order chi connectivity index (χ0) is 41.4. The number of urea groups is 2. The molecule has 3 aromatic rings. The lowest BCUT2D eigenvalue weighted by Crippen LogP contribution is -2.53. The number of ether oxygens (including phenoxy) is 4. The second kappa shape index (κ2) is 22.1. The zero-order valence-corrected chi connectivity index (χ0v) is 33.5. The Bertz CT molecular complexity index is 1820. The van der Waals surface area contributed by atoms with Gasteiger partial charge in [0.05, 0.1) is 13.2 Å². The maximum absolute atomic E-state index is 13.5. The van der Waals surface area contributed by atoms with Gasteiger partial charge >= 0.3 is 24.2 Å². The number of nitrogens with two attached hydrogens (primary N) is 2. The summed E-state index contributed by atoms with van der Waals surface area (Å²) in [4.78, 5) is 55.2. The Balaban J connectivity index is 0.944. The third-order valence-electron chi connectivity index (χ3n) is 10.9. The third kappa shape index (κ3) is 13.3. The monoisotopic (exact) mass is 814 g/mol. The van der Waals surface area contributed by atoms with Gasteiger partial charge in [0.25, 0.3) is 0 Å². The molecule has 8 N–H and O–H groups in total. The van der Waals surface area contributed by atoms with Gasteiger partial charge in [0.1, 0.15) is 24.9 Å². The summed E-state index contributed by atoms with van der Waals surface area (Å²) in [5.74, 6) is 0. The highest BCUT2D eigenvalue weighted by Gasteiger charge is 2.40. The highest BCUT2D eigenvalue weighted by atomic mass is 16.6. The largest absolute Gasteiger partial charge is 0.447 e. The number of hydrogen-bond acceptors (Lipinski definition) is 10. The van der Waals surface area contributed by atoms with Crippen molar-refractivity contribution in [2.75, 3.05) is 39.4 Å². The number of nitrogens with one attached hydrogen (secondary N) is 4. The first-order valence-corrected chi connectivity index (χ1v) is 20.5. The van der Waals surface area contributed by atoms with Gasteiger partial charge < -0.3 is 61.5 Å². The molecular formula is C43H58N8O8. The van der Waals surface area contributed by atoms with E-state index in [1.165, 1.54) is 0 Å². The molecular weight excluding hydrogens is 757 g/mol. The quantitative estimate of drug-likeness (QED) is 0.138. The summed E-state index contributed by atoms with van der Waals surface area (Å²) >= 11 is 0. The standard InChI is InChI=1S/C43H58N8O8/c44-24-31-8-4-10-33(22-31)26-46-40(52)48-35-12-17-50(18-13-35)42(54)58-29-38-39(57-28-30-6-2-1-3-7-30)37(16-21-56-38)59-43(55)51-19-14-36(15-20-51)49-41(53)47-27-34-11-5-9-32(23-34)25-45/h1-11,22-23,35-39H,12-21,24-29,44-45H2,(H2,46,48,52)(H2,47,49,53)/t37-,38-,39+/m1/s1. The molecule has 3 aromatic carbocycles. The van der Waals surface area contributed by atoms with E-state index in [9.17, 15) is 19.2 Å². The number of amides is 6. The molecule has 0 radical (unpaired) electrons. The summed E-state index contributed by atoms with van der Waals surface area (Å²) < 4.78 is 24.3. The first kappa shape index (κ1) is 43.2. The number of rotatable bonds is 14. The van der Waals surface area contributed by atoms with Gasteiger partial charge in [-0.15, -0.1) is 0 Å². The van der Waals surface area contributed by atoms with Gasteiger partial charge in [0, 0.05) is 70.9 Å². The van der Waals surface area contributed by atoms with Crippen LogP contribution in [0.15, 0.2) is 78.9 Å². The Kier molecular flexibility index (Phi) is 16.2. The molecule has 3 aliphatic heterocycles. The molecule has 0 bridgehead atoms. The van der Waals surface area contributed by atoms with Gasteiger partial charge in [0.15, 0.2) is 0 Å². The van der Waals surface area contributed by atoms with Gasteiger partial charge in [-0.3, -0.25) is 0 Å². The molecule has 3 fully saturated rings. The maximum Gasteiger partial charge on any atom is 0.410 e. The third-order valence-corrected chi connectivity index (χ3v) is 10.9.